The zero-order chi connectivity index (χ0) is 23.0. The number of phenolic OH excluding ortho intramolecular Hbond substituents is 1. The van der Waals surface area contributed by atoms with Crippen molar-refractivity contribution in [3.63, 3.8) is 0 Å². The maximum absolute atomic E-state index is 12.7. The summed E-state index contributed by atoms with van der Waals surface area (Å²) in [5, 5.41) is 13.0. The summed E-state index contributed by atoms with van der Waals surface area (Å²) in [5.74, 6) is -0.565. The molecule has 2 N–H and O–H groups in total. The van der Waals surface area contributed by atoms with Crippen LogP contribution >= 0.6 is 15.9 Å². The first-order valence-corrected chi connectivity index (χ1v) is 10.3. The molecule has 7 nitrogen and oxygen atoms in total. The number of aromatic hydroxyl groups is 1. The van der Waals surface area contributed by atoms with E-state index in [-0.39, 0.29) is 24.5 Å². The third-order valence-corrected chi connectivity index (χ3v) is 4.43. The molecule has 2 rings (SSSR count). The molecule has 0 unspecified atom stereocenters. The van der Waals surface area contributed by atoms with Gasteiger partial charge in [-0.25, -0.2) is 9.59 Å². The second kappa shape index (κ2) is 10.9. The van der Waals surface area contributed by atoms with Crippen molar-refractivity contribution < 1.29 is 28.9 Å². The zero-order valence-electron chi connectivity index (χ0n) is 17.9. The fourth-order valence-corrected chi connectivity index (χ4v) is 2.80. The minimum Gasteiger partial charge on any atom is -0.507 e. The quantitative estimate of drug-likeness (QED) is 0.525. The van der Waals surface area contributed by atoms with E-state index in [1.807, 2.05) is 24.3 Å². The van der Waals surface area contributed by atoms with Crippen molar-refractivity contribution in [1.29, 1.82) is 0 Å². The summed E-state index contributed by atoms with van der Waals surface area (Å²) in [5.41, 5.74) is 0.608. The van der Waals surface area contributed by atoms with E-state index in [1.54, 1.807) is 39.0 Å². The highest BCUT2D eigenvalue weighted by molar-refractivity contribution is 9.10. The van der Waals surface area contributed by atoms with Crippen LogP contribution < -0.4 is 10.1 Å². The molecule has 0 saturated carbocycles. The predicted molar refractivity (Wildman–Crippen MR) is 121 cm³/mol. The average Bonchev–Trinajstić information content (AvgIpc) is 2.69. The van der Waals surface area contributed by atoms with Crippen molar-refractivity contribution in [2.75, 3.05) is 13.7 Å². The summed E-state index contributed by atoms with van der Waals surface area (Å²) in [6.45, 7) is 5.54. The molecule has 2 aromatic carbocycles. The van der Waals surface area contributed by atoms with Crippen LogP contribution in [-0.4, -0.2) is 36.4 Å². The van der Waals surface area contributed by atoms with Gasteiger partial charge in [0.05, 0.1) is 7.11 Å². The highest BCUT2D eigenvalue weighted by Gasteiger charge is 2.19. The number of amides is 1. The van der Waals surface area contributed by atoms with Crippen LogP contribution in [-0.2, 0) is 16.1 Å². The van der Waals surface area contributed by atoms with Crippen LogP contribution in [0.15, 0.2) is 46.9 Å². The van der Waals surface area contributed by atoms with E-state index < -0.39 is 17.7 Å². The van der Waals surface area contributed by atoms with E-state index in [9.17, 15) is 14.7 Å². The lowest BCUT2D eigenvalue weighted by atomic mass is 10.0. The molecule has 31 heavy (non-hydrogen) atoms. The van der Waals surface area contributed by atoms with Crippen molar-refractivity contribution in [3.05, 3.63) is 63.6 Å². The van der Waals surface area contributed by atoms with E-state index >= 15 is 0 Å². The summed E-state index contributed by atoms with van der Waals surface area (Å²) < 4.78 is 16.6. The maximum Gasteiger partial charge on any atom is 0.407 e. The van der Waals surface area contributed by atoms with Gasteiger partial charge < -0.3 is 24.6 Å². The Morgan fingerprint density at radius 3 is 2.45 bits per heavy atom. The molecule has 0 fully saturated rings. The first-order chi connectivity index (χ1) is 14.6. The Kier molecular flexibility index (Phi) is 8.50. The van der Waals surface area contributed by atoms with Gasteiger partial charge in [0.1, 0.15) is 29.3 Å². The topological polar surface area (TPSA) is 94.1 Å². The number of ether oxygens (including phenoxy) is 3. The number of hydrogen-bond acceptors (Lipinski definition) is 6. The minimum absolute atomic E-state index is 0.00595. The van der Waals surface area contributed by atoms with Crippen LogP contribution in [0, 0.1) is 0 Å². The number of benzene rings is 2. The first kappa shape index (κ1) is 24.3. The number of carbonyl (C=O) groups excluding carboxylic acids is 2. The number of nitrogens with one attached hydrogen (secondary N) is 1. The van der Waals surface area contributed by atoms with Crippen LogP contribution in [0.5, 0.6) is 11.5 Å². The average molecular weight is 492 g/mol. The Labute approximate surface area is 190 Å². The third-order valence-electron chi connectivity index (χ3n) is 3.91. The van der Waals surface area contributed by atoms with Gasteiger partial charge in [-0.15, -0.1) is 0 Å². The first-order valence-electron chi connectivity index (χ1n) is 9.55. The molecule has 0 aliphatic rings. The predicted octanol–water partition coefficient (Wildman–Crippen LogP) is 5.06. The van der Waals surface area contributed by atoms with Gasteiger partial charge >= 0.3 is 12.1 Å². The van der Waals surface area contributed by atoms with E-state index in [2.05, 4.69) is 21.2 Å². The molecule has 0 bridgehead atoms. The van der Waals surface area contributed by atoms with E-state index in [1.165, 1.54) is 13.2 Å². The Morgan fingerprint density at radius 1 is 1.16 bits per heavy atom. The number of carbonyl (C=O) groups is 2. The molecular formula is C23H26BrNO6. The molecule has 0 spiro atoms. The Hall–Kier alpha value is -3.00. The molecule has 0 saturated heterocycles. The Bertz CT molecular complexity index is 948. The van der Waals surface area contributed by atoms with Gasteiger partial charge in [-0.05, 0) is 50.1 Å². The van der Waals surface area contributed by atoms with Gasteiger partial charge in [0.25, 0.3) is 0 Å². The molecular weight excluding hydrogens is 466 g/mol. The number of alkyl carbamates (subject to hydrolysis) is 1. The monoisotopic (exact) mass is 491 g/mol. The normalized spacial score (nSPS) is 11.3. The second-order valence-corrected chi connectivity index (χ2v) is 8.51. The largest absolute Gasteiger partial charge is 0.507 e. The number of halogens is 1. The van der Waals surface area contributed by atoms with Crippen molar-refractivity contribution in [3.8, 4) is 11.5 Å². The van der Waals surface area contributed by atoms with Crippen LogP contribution in [0.3, 0.4) is 0 Å². The third kappa shape index (κ3) is 7.97. The summed E-state index contributed by atoms with van der Waals surface area (Å²) >= 11 is 3.35. The molecule has 8 heteroatoms. The highest BCUT2D eigenvalue weighted by atomic mass is 79.9. The summed E-state index contributed by atoms with van der Waals surface area (Å²) in [4.78, 5) is 24.4. The van der Waals surface area contributed by atoms with Crippen molar-refractivity contribution in [2.24, 2.45) is 0 Å². The number of methoxy groups -OCH3 is 1. The Morgan fingerprint density at radius 2 is 1.84 bits per heavy atom. The van der Waals surface area contributed by atoms with Crippen molar-refractivity contribution >= 4 is 34.1 Å². The van der Waals surface area contributed by atoms with E-state index in [0.717, 1.165) is 10.0 Å². The van der Waals surface area contributed by atoms with Crippen molar-refractivity contribution in [2.45, 2.75) is 33.0 Å². The van der Waals surface area contributed by atoms with Gasteiger partial charge in [-0.1, -0.05) is 40.2 Å². The van der Waals surface area contributed by atoms with Crippen LogP contribution in [0.2, 0.25) is 0 Å². The Balaban J connectivity index is 2.12. The molecule has 0 atom stereocenters. The SMILES string of the molecule is COc1cc(O)c(C(=O)OCc2ccc(Br)cc2)c(C=CCNC(=O)OC(C)(C)C)c1. The lowest BCUT2D eigenvalue weighted by Crippen LogP contribution is -2.32. The zero-order valence-corrected chi connectivity index (χ0v) is 19.5. The molecule has 0 aliphatic heterocycles. The molecule has 166 valence electrons. The molecule has 0 heterocycles. The summed E-state index contributed by atoms with van der Waals surface area (Å²) in [6.07, 6.45) is 2.67. The van der Waals surface area contributed by atoms with Gasteiger partial charge in [-0.2, -0.15) is 0 Å². The standard InChI is InChI=1S/C23H26BrNO6/c1-23(2,3)31-22(28)25-11-5-6-16-12-18(29-4)13-19(26)20(16)21(27)30-14-15-7-9-17(24)10-8-15/h5-10,12-13,26H,11,14H2,1-4H3,(H,25,28). The summed E-state index contributed by atoms with van der Waals surface area (Å²) in [6, 6.07) is 10.3. The number of phenols is 1. The molecule has 1 amide bonds. The van der Waals surface area contributed by atoms with E-state index in [4.69, 9.17) is 14.2 Å². The fourth-order valence-electron chi connectivity index (χ4n) is 2.54. The molecule has 0 aliphatic carbocycles. The lowest BCUT2D eigenvalue weighted by molar-refractivity contribution is 0.0467. The number of hydrogen-bond donors (Lipinski definition) is 2. The summed E-state index contributed by atoms with van der Waals surface area (Å²) in [7, 11) is 1.46. The van der Waals surface area contributed by atoms with Gasteiger partial charge in [-0.3, -0.25) is 0 Å². The van der Waals surface area contributed by atoms with Gasteiger partial charge in [0, 0.05) is 17.1 Å². The number of esters is 1. The minimum atomic E-state index is -0.678. The van der Waals surface area contributed by atoms with E-state index in [0.29, 0.717) is 11.3 Å². The van der Waals surface area contributed by atoms with Crippen molar-refractivity contribution in [1.82, 2.24) is 5.32 Å². The van der Waals surface area contributed by atoms with Gasteiger partial charge in [0.2, 0.25) is 0 Å². The fraction of sp³-hybridized carbons (Fsp3) is 0.304. The van der Waals surface area contributed by atoms with Gasteiger partial charge in [0.15, 0.2) is 0 Å². The maximum atomic E-state index is 12.7. The molecule has 2 aromatic rings. The van der Waals surface area contributed by atoms with Crippen LogP contribution in [0.1, 0.15) is 42.3 Å². The van der Waals surface area contributed by atoms with Crippen LogP contribution in [0.4, 0.5) is 4.79 Å². The lowest BCUT2D eigenvalue weighted by Gasteiger charge is -2.19. The smallest absolute Gasteiger partial charge is 0.407 e. The second-order valence-electron chi connectivity index (χ2n) is 7.60. The van der Waals surface area contributed by atoms with Crippen LogP contribution in [0.25, 0.3) is 6.08 Å². The highest BCUT2D eigenvalue weighted by Crippen LogP contribution is 2.30. The number of rotatable bonds is 7. The molecule has 0 aromatic heterocycles. The molecule has 0 radical (unpaired) electrons.